The van der Waals surface area contributed by atoms with Crippen LogP contribution in [-0.4, -0.2) is 77.0 Å². The van der Waals surface area contributed by atoms with Crippen molar-refractivity contribution in [3.63, 3.8) is 0 Å². The second-order valence-electron chi connectivity index (χ2n) is 10.6. The van der Waals surface area contributed by atoms with Crippen LogP contribution in [0.2, 0.25) is 0 Å². The highest BCUT2D eigenvalue weighted by Gasteiger charge is 2.72. The molecule has 0 radical (unpaired) electrons. The van der Waals surface area contributed by atoms with Crippen LogP contribution in [0.5, 0.6) is 0 Å². The monoisotopic (exact) mass is 520 g/mol. The van der Waals surface area contributed by atoms with Gasteiger partial charge in [0.05, 0.1) is 24.0 Å². The molecule has 202 valence electrons. The molecule has 2 aliphatic carbocycles. The quantitative estimate of drug-likeness (QED) is 0.244. The number of aliphatic hydroxyl groups is 1. The SMILES string of the molecule is CC(=O)OC/C1=C/[C@@H]2OC(=O)[C@H](C)[C@@]2(O)[C@@H](OC(C)=O)[C@@H]2[C@](C)(C=CC(=O)[C@@]2(C)OC(C)=O)[C@H]2O[C@@H]2C1. The summed E-state index contributed by atoms with van der Waals surface area (Å²) in [4.78, 5) is 62.3. The van der Waals surface area contributed by atoms with Crippen molar-refractivity contribution in [2.75, 3.05) is 6.61 Å². The number of epoxide rings is 1. The maximum atomic E-state index is 13.3. The van der Waals surface area contributed by atoms with Gasteiger partial charge in [-0.15, -0.1) is 0 Å². The number of rotatable bonds is 4. The lowest BCUT2D eigenvalue weighted by molar-refractivity contribution is -0.221. The molecule has 0 unspecified atom stereocenters. The minimum Gasteiger partial charge on any atom is -0.461 e. The molecule has 2 fully saturated rings. The van der Waals surface area contributed by atoms with E-state index in [9.17, 15) is 29.1 Å². The molecule has 0 aromatic heterocycles. The van der Waals surface area contributed by atoms with Gasteiger partial charge < -0.3 is 28.8 Å². The van der Waals surface area contributed by atoms with Crippen LogP contribution in [0.15, 0.2) is 23.8 Å². The second kappa shape index (κ2) is 9.05. The van der Waals surface area contributed by atoms with Gasteiger partial charge in [-0.05, 0) is 31.6 Å². The lowest BCUT2D eigenvalue weighted by atomic mass is 9.55. The molecule has 11 nitrogen and oxygen atoms in total. The summed E-state index contributed by atoms with van der Waals surface area (Å²) < 4.78 is 28.1. The molecule has 0 bridgehead atoms. The van der Waals surface area contributed by atoms with Gasteiger partial charge in [-0.3, -0.25) is 24.0 Å². The Bertz CT molecular complexity index is 1110. The topological polar surface area (TPSA) is 155 Å². The summed E-state index contributed by atoms with van der Waals surface area (Å²) >= 11 is 0. The van der Waals surface area contributed by atoms with Gasteiger partial charge >= 0.3 is 23.9 Å². The first-order valence-electron chi connectivity index (χ1n) is 12.2. The predicted molar refractivity (Wildman–Crippen MR) is 123 cm³/mol. The summed E-state index contributed by atoms with van der Waals surface area (Å²) in [6, 6.07) is 0. The molecule has 1 N–H and O–H groups in total. The smallest absolute Gasteiger partial charge is 0.312 e. The van der Waals surface area contributed by atoms with Crippen molar-refractivity contribution in [2.45, 2.75) is 83.6 Å². The molecule has 2 aliphatic heterocycles. The van der Waals surface area contributed by atoms with Crippen LogP contribution >= 0.6 is 0 Å². The summed E-state index contributed by atoms with van der Waals surface area (Å²) in [5.41, 5.74) is -4.61. The minimum absolute atomic E-state index is 0.127. The third-order valence-corrected chi connectivity index (χ3v) is 8.01. The van der Waals surface area contributed by atoms with Crippen molar-refractivity contribution in [1.82, 2.24) is 0 Å². The molecule has 0 spiro atoms. The maximum absolute atomic E-state index is 13.3. The number of fused-ring (bicyclic) bond motifs is 4. The molecular formula is C26H32O11. The molecule has 0 aromatic carbocycles. The Morgan fingerprint density at radius 1 is 1.11 bits per heavy atom. The summed E-state index contributed by atoms with van der Waals surface area (Å²) in [6.07, 6.45) is 0.863. The van der Waals surface area contributed by atoms with Gasteiger partial charge in [0.2, 0.25) is 0 Å². The first-order chi connectivity index (χ1) is 17.1. The fraction of sp³-hybridized carbons (Fsp3) is 0.654. The number of ether oxygens (including phenoxy) is 5. The molecule has 37 heavy (non-hydrogen) atoms. The Morgan fingerprint density at radius 2 is 1.78 bits per heavy atom. The third kappa shape index (κ3) is 4.37. The minimum atomic E-state index is -2.18. The molecule has 0 saturated carbocycles. The fourth-order valence-electron chi connectivity index (χ4n) is 6.20. The summed E-state index contributed by atoms with van der Waals surface area (Å²) in [5.74, 6) is -5.73. The van der Waals surface area contributed by atoms with Gasteiger partial charge in [-0.1, -0.05) is 13.0 Å². The normalized spacial score (nSPS) is 43.7. The van der Waals surface area contributed by atoms with E-state index in [1.54, 1.807) is 13.0 Å². The standard InChI is InChI=1S/C26H32O11/c1-12-23(31)36-19-10-16(11-33-13(2)27)9-17-21(35-17)24(5)8-7-18(30)25(6,37-15(4)29)20(24)22(26(12,19)32)34-14(3)28/h7-8,10,12,17,19-22,32H,9,11H2,1-6H3/b16-10+/t12-,17+,19-,20+,21-,22-,24-,25+,26-/m0/s1. The molecular weight excluding hydrogens is 488 g/mol. The van der Waals surface area contributed by atoms with Crippen LogP contribution in [0.1, 0.15) is 48.0 Å². The zero-order valence-electron chi connectivity index (χ0n) is 21.6. The third-order valence-electron chi connectivity index (χ3n) is 8.01. The van der Waals surface area contributed by atoms with Crippen molar-refractivity contribution in [1.29, 1.82) is 0 Å². The molecule has 0 amide bonds. The number of carbonyl (C=O) groups is 5. The zero-order valence-corrected chi connectivity index (χ0v) is 21.6. The molecule has 4 rings (SSSR count). The van der Waals surface area contributed by atoms with Crippen LogP contribution in [0.25, 0.3) is 0 Å². The van der Waals surface area contributed by atoms with Crippen LogP contribution in [0.4, 0.5) is 0 Å². The number of ketones is 1. The second-order valence-corrected chi connectivity index (χ2v) is 10.6. The van der Waals surface area contributed by atoms with E-state index in [1.165, 1.54) is 32.9 Å². The van der Waals surface area contributed by atoms with Gasteiger partial charge in [-0.25, -0.2) is 0 Å². The summed E-state index contributed by atoms with van der Waals surface area (Å²) in [6.45, 7) is 8.02. The highest BCUT2D eigenvalue weighted by atomic mass is 16.6. The first kappa shape index (κ1) is 27.0. The van der Waals surface area contributed by atoms with E-state index in [0.717, 1.165) is 13.8 Å². The highest BCUT2D eigenvalue weighted by molar-refractivity contribution is 5.99. The number of hydrogen-bond acceptors (Lipinski definition) is 11. The Balaban J connectivity index is 1.97. The Hall–Kier alpha value is -3.05. The average molecular weight is 521 g/mol. The Kier molecular flexibility index (Phi) is 6.61. The van der Waals surface area contributed by atoms with Crippen molar-refractivity contribution < 1.29 is 52.8 Å². The van der Waals surface area contributed by atoms with Crippen molar-refractivity contribution in [3.05, 3.63) is 23.8 Å². The van der Waals surface area contributed by atoms with E-state index in [1.807, 2.05) is 0 Å². The van der Waals surface area contributed by atoms with Crippen molar-refractivity contribution in [2.24, 2.45) is 17.3 Å². The van der Waals surface area contributed by atoms with Crippen LogP contribution < -0.4 is 0 Å². The number of esters is 4. The summed E-state index contributed by atoms with van der Waals surface area (Å²) in [5, 5.41) is 12.3. The lowest BCUT2D eigenvalue weighted by Crippen LogP contribution is -2.68. The first-order valence-corrected chi connectivity index (χ1v) is 12.2. The highest BCUT2D eigenvalue weighted by Crippen LogP contribution is 2.58. The fourth-order valence-corrected chi connectivity index (χ4v) is 6.20. The van der Waals surface area contributed by atoms with E-state index in [-0.39, 0.29) is 13.0 Å². The zero-order chi connectivity index (χ0) is 27.5. The Labute approximate surface area is 214 Å². The molecule has 2 heterocycles. The van der Waals surface area contributed by atoms with E-state index >= 15 is 0 Å². The van der Waals surface area contributed by atoms with E-state index < -0.39 is 82.5 Å². The van der Waals surface area contributed by atoms with Gasteiger partial charge in [-0.2, -0.15) is 0 Å². The van der Waals surface area contributed by atoms with E-state index in [0.29, 0.717) is 5.57 Å². The lowest BCUT2D eigenvalue weighted by Gasteiger charge is -2.53. The number of hydrogen-bond donors (Lipinski definition) is 1. The summed E-state index contributed by atoms with van der Waals surface area (Å²) in [7, 11) is 0. The number of carbonyl (C=O) groups excluding carboxylic acids is 5. The Morgan fingerprint density at radius 3 is 2.38 bits per heavy atom. The largest absolute Gasteiger partial charge is 0.461 e. The van der Waals surface area contributed by atoms with Crippen molar-refractivity contribution in [3.8, 4) is 0 Å². The van der Waals surface area contributed by atoms with Gasteiger partial charge in [0.1, 0.15) is 12.7 Å². The molecule has 4 aliphatic rings. The van der Waals surface area contributed by atoms with Gasteiger partial charge in [0.25, 0.3) is 0 Å². The maximum Gasteiger partial charge on any atom is 0.312 e. The van der Waals surface area contributed by atoms with E-state index in [2.05, 4.69) is 0 Å². The van der Waals surface area contributed by atoms with E-state index in [4.69, 9.17) is 23.7 Å². The van der Waals surface area contributed by atoms with Gasteiger partial charge in [0.15, 0.2) is 23.1 Å². The van der Waals surface area contributed by atoms with Crippen LogP contribution in [0, 0.1) is 17.3 Å². The van der Waals surface area contributed by atoms with Crippen LogP contribution in [-0.2, 0) is 47.7 Å². The molecule has 11 heteroatoms. The molecule has 0 aromatic rings. The average Bonchev–Trinajstić information content (AvgIpc) is 3.52. The molecule has 2 saturated heterocycles. The van der Waals surface area contributed by atoms with Crippen LogP contribution in [0.3, 0.4) is 0 Å². The predicted octanol–water partition coefficient (Wildman–Crippen LogP) is 0.955. The molecule has 9 atom stereocenters. The van der Waals surface area contributed by atoms with Gasteiger partial charge in [0, 0.05) is 32.6 Å². The van der Waals surface area contributed by atoms with Crippen molar-refractivity contribution >= 4 is 29.7 Å².